The van der Waals surface area contributed by atoms with Crippen LogP contribution in [-0.2, 0) is 0 Å². The van der Waals surface area contributed by atoms with E-state index >= 15 is 0 Å². The van der Waals surface area contributed by atoms with Crippen molar-refractivity contribution in [1.29, 1.82) is 0 Å². The second-order valence-electron chi connectivity index (χ2n) is 1.74. The average Bonchev–Trinajstić information content (AvgIpc) is 1.97. The first-order valence-corrected chi connectivity index (χ1v) is 5.16. The Morgan fingerprint density at radius 1 is 1.36 bits per heavy atom. The van der Waals surface area contributed by atoms with Crippen molar-refractivity contribution in [3.63, 3.8) is 0 Å². The summed E-state index contributed by atoms with van der Waals surface area (Å²) in [6.45, 7) is 0. The molecule has 0 amide bonds. The van der Waals surface area contributed by atoms with Gasteiger partial charge >= 0.3 is 0 Å². The van der Waals surface area contributed by atoms with E-state index in [1.807, 2.05) is 22.6 Å². The number of halogens is 4. The molecule has 0 aliphatic heterocycles. The van der Waals surface area contributed by atoms with Gasteiger partial charge in [-0.15, -0.1) is 0 Å². The first-order chi connectivity index (χ1) is 5.04. The van der Waals surface area contributed by atoms with E-state index in [1.54, 1.807) is 0 Å². The van der Waals surface area contributed by atoms with Crippen LogP contribution in [0.25, 0.3) is 0 Å². The topological polar surface area (TPSA) is 38.9 Å². The van der Waals surface area contributed by atoms with Gasteiger partial charge in [0.25, 0.3) is 0 Å². The monoisotopic (exact) mass is 394 g/mol. The summed E-state index contributed by atoms with van der Waals surface area (Å²) >= 11 is 7.98. The normalized spacial score (nSPS) is 10.2. The molecule has 2 nitrogen and oxygen atoms in total. The van der Waals surface area contributed by atoms with E-state index in [-0.39, 0.29) is 10.3 Å². The van der Waals surface area contributed by atoms with Crippen molar-refractivity contribution < 1.29 is 4.39 Å². The van der Waals surface area contributed by atoms with Crippen LogP contribution in [0.5, 0.6) is 0 Å². The highest BCUT2D eigenvalue weighted by molar-refractivity contribution is 14.1. The third-order valence-electron chi connectivity index (χ3n) is 1.03. The van der Waals surface area contributed by atoms with Gasteiger partial charge in [-0.25, -0.2) is 9.37 Å². The Hall–Kier alpha value is 0.570. The lowest BCUT2D eigenvalue weighted by molar-refractivity contribution is 0.616. The van der Waals surface area contributed by atoms with Crippen molar-refractivity contribution in [1.82, 2.24) is 4.98 Å². The molecule has 0 aliphatic carbocycles. The molecule has 0 saturated heterocycles. The van der Waals surface area contributed by atoms with Crippen molar-refractivity contribution in [3.05, 3.63) is 18.6 Å². The van der Waals surface area contributed by atoms with Gasteiger partial charge in [0.05, 0.1) is 9.26 Å². The van der Waals surface area contributed by atoms with Crippen LogP contribution in [0.1, 0.15) is 0 Å². The molecule has 0 spiro atoms. The molecule has 60 valence electrons. The van der Waals surface area contributed by atoms with Crippen LogP contribution in [0, 0.1) is 9.39 Å². The molecule has 11 heavy (non-hydrogen) atoms. The zero-order chi connectivity index (χ0) is 8.59. The number of aromatic nitrogens is 1. The van der Waals surface area contributed by atoms with Crippen LogP contribution >= 0.6 is 54.5 Å². The number of hydrogen-bond acceptors (Lipinski definition) is 2. The maximum atomic E-state index is 12.9. The Morgan fingerprint density at radius 3 is 2.45 bits per heavy atom. The van der Waals surface area contributed by atoms with E-state index in [0.717, 1.165) is 0 Å². The van der Waals surface area contributed by atoms with Crippen LogP contribution in [0.3, 0.4) is 0 Å². The highest BCUT2D eigenvalue weighted by atomic mass is 127. The van der Waals surface area contributed by atoms with E-state index < -0.39 is 5.82 Å². The Balaban J connectivity index is 3.46. The lowest BCUT2D eigenvalue weighted by atomic mass is 10.4. The van der Waals surface area contributed by atoms with Crippen molar-refractivity contribution in [2.24, 2.45) is 0 Å². The van der Waals surface area contributed by atoms with Crippen LogP contribution in [-0.4, -0.2) is 4.98 Å². The SMILES string of the molecule is Nc1c(F)c(Br)nc(Br)c1I. The summed E-state index contributed by atoms with van der Waals surface area (Å²) in [5, 5.41) is 0. The molecule has 0 fully saturated rings. The van der Waals surface area contributed by atoms with Gasteiger partial charge in [0.2, 0.25) is 0 Å². The van der Waals surface area contributed by atoms with Crippen LogP contribution in [0.2, 0.25) is 0 Å². The van der Waals surface area contributed by atoms with Gasteiger partial charge in [0.15, 0.2) is 5.82 Å². The van der Waals surface area contributed by atoms with Gasteiger partial charge < -0.3 is 5.73 Å². The second-order valence-corrected chi connectivity index (χ2v) is 4.32. The Morgan fingerprint density at radius 2 is 1.91 bits per heavy atom. The number of hydrogen-bond donors (Lipinski definition) is 1. The van der Waals surface area contributed by atoms with Gasteiger partial charge in [-0.2, -0.15) is 0 Å². The summed E-state index contributed by atoms with van der Waals surface area (Å²) in [6, 6.07) is 0. The summed E-state index contributed by atoms with van der Waals surface area (Å²) < 4.78 is 14.2. The van der Waals surface area contributed by atoms with Gasteiger partial charge in [-0.1, -0.05) is 0 Å². The molecule has 0 aliphatic rings. The zero-order valence-electron chi connectivity index (χ0n) is 5.04. The molecule has 1 aromatic rings. The molecule has 0 aromatic carbocycles. The lowest BCUT2D eigenvalue weighted by Gasteiger charge is -2.02. The fourth-order valence-electron chi connectivity index (χ4n) is 0.503. The maximum absolute atomic E-state index is 12.9. The first-order valence-electron chi connectivity index (χ1n) is 2.49. The standard InChI is InChI=1S/C5H2Br2FIN2/c6-4-1(8)3(10)2(9)5(7)11-4/h(H2,10,11). The Labute approximate surface area is 93.2 Å². The summed E-state index contributed by atoms with van der Waals surface area (Å²) in [5.41, 5.74) is 5.51. The maximum Gasteiger partial charge on any atom is 0.179 e. The van der Waals surface area contributed by atoms with E-state index in [1.165, 1.54) is 0 Å². The van der Waals surface area contributed by atoms with Gasteiger partial charge in [-0.3, -0.25) is 0 Å². The molecule has 0 atom stereocenters. The van der Waals surface area contributed by atoms with Crippen molar-refractivity contribution in [2.45, 2.75) is 0 Å². The third kappa shape index (κ3) is 1.83. The molecule has 1 aromatic heterocycles. The quantitative estimate of drug-likeness (QED) is 0.542. The lowest BCUT2D eigenvalue weighted by Crippen LogP contribution is -1.98. The zero-order valence-corrected chi connectivity index (χ0v) is 10.4. The molecule has 0 unspecified atom stereocenters. The van der Waals surface area contributed by atoms with Crippen molar-refractivity contribution in [3.8, 4) is 0 Å². The summed E-state index contributed by atoms with van der Waals surface area (Å²) in [5.74, 6) is -0.516. The number of anilines is 1. The van der Waals surface area contributed by atoms with Gasteiger partial charge in [0.1, 0.15) is 9.21 Å². The molecule has 1 rings (SSSR count). The predicted molar refractivity (Wildman–Crippen MR) is 56.7 cm³/mol. The van der Waals surface area contributed by atoms with E-state index in [9.17, 15) is 4.39 Å². The van der Waals surface area contributed by atoms with Crippen LogP contribution in [0.4, 0.5) is 10.1 Å². The van der Waals surface area contributed by atoms with Crippen LogP contribution in [0.15, 0.2) is 9.21 Å². The van der Waals surface area contributed by atoms with Crippen LogP contribution < -0.4 is 5.73 Å². The summed E-state index contributed by atoms with van der Waals surface area (Å²) in [4.78, 5) is 3.80. The molecule has 0 radical (unpaired) electrons. The van der Waals surface area contributed by atoms with Crippen molar-refractivity contribution >= 4 is 60.1 Å². The predicted octanol–water partition coefficient (Wildman–Crippen LogP) is 2.93. The first kappa shape index (κ1) is 9.66. The fraction of sp³-hybridized carbons (Fsp3) is 0. The number of rotatable bonds is 0. The minimum atomic E-state index is -0.516. The molecular formula is C5H2Br2FIN2. The van der Waals surface area contributed by atoms with Crippen molar-refractivity contribution in [2.75, 3.05) is 5.73 Å². The summed E-state index contributed by atoms with van der Waals surface area (Å²) in [6.07, 6.45) is 0. The third-order valence-corrected chi connectivity index (χ3v) is 3.96. The number of nitrogens with two attached hydrogens (primary N) is 1. The number of nitrogen functional groups attached to an aromatic ring is 1. The van der Waals surface area contributed by atoms with Gasteiger partial charge in [0, 0.05) is 0 Å². The minimum Gasteiger partial charge on any atom is -0.395 e. The number of nitrogens with zero attached hydrogens (tertiary/aromatic N) is 1. The minimum absolute atomic E-state index is 0.111. The average molecular weight is 396 g/mol. The molecular weight excluding hydrogens is 394 g/mol. The molecule has 0 saturated carbocycles. The highest BCUT2D eigenvalue weighted by Gasteiger charge is 2.12. The van der Waals surface area contributed by atoms with E-state index in [0.29, 0.717) is 8.17 Å². The van der Waals surface area contributed by atoms with E-state index in [4.69, 9.17) is 5.73 Å². The molecule has 0 bridgehead atoms. The fourth-order valence-corrected chi connectivity index (χ4v) is 1.88. The number of pyridine rings is 1. The smallest absolute Gasteiger partial charge is 0.179 e. The largest absolute Gasteiger partial charge is 0.395 e. The highest BCUT2D eigenvalue weighted by Crippen LogP contribution is 2.29. The Kier molecular flexibility index (Phi) is 3.10. The Bertz CT molecular complexity index is 279. The van der Waals surface area contributed by atoms with E-state index in [2.05, 4.69) is 36.8 Å². The second kappa shape index (κ2) is 3.53. The molecule has 2 N–H and O–H groups in total. The molecule has 6 heteroatoms. The summed E-state index contributed by atoms with van der Waals surface area (Å²) in [7, 11) is 0. The molecule has 1 heterocycles. The van der Waals surface area contributed by atoms with Gasteiger partial charge in [-0.05, 0) is 54.5 Å².